The predicted octanol–water partition coefficient (Wildman–Crippen LogP) is 3.90. The Morgan fingerprint density at radius 2 is 1.90 bits per heavy atom. The van der Waals surface area contributed by atoms with Crippen LogP contribution in [-0.2, 0) is 11.3 Å². The highest BCUT2D eigenvalue weighted by Gasteiger charge is 2.21. The second-order valence-corrected chi connectivity index (χ2v) is 6.61. The number of hydrogen-bond donors (Lipinski definition) is 0. The van der Waals surface area contributed by atoms with Crippen molar-refractivity contribution in [3.05, 3.63) is 77.4 Å². The second-order valence-electron chi connectivity index (χ2n) is 6.61. The highest BCUT2D eigenvalue weighted by atomic mass is 16.6. The molecule has 0 amide bonds. The van der Waals surface area contributed by atoms with Gasteiger partial charge in [0.15, 0.2) is 6.61 Å². The Morgan fingerprint density at radius 1 is 1.10 bits per heavy atom. The van der Waals surface area contributed by atoms with E-state index >= 15 is 0 Å². The summed E-state index contributed by atoms with van der Waals surface area (Å²) in [6.07, 6.45) is 0. The number of carbonyl (C=O) groups excluding carboxylic acids is 1. The van der Waals surface area contributed by atoms with E-state index in [-0.39, 0.29) is 12.5 Å². The zero-order valence-electron chi connectivity index (χ0n) is 16.8. The predicted molar refractivity (Wildman–Crippen MR) is 108 cm³/mol. The van der Waals surface area contributed by atoms with Crippen LogP contribution in [0.4, 0.5) is 0 Å². The zero-order valence-corrected chi connectivity index (χ0v) is 16.8. The third kappa shape index (κ3) is 3.80. The molecule has 0 aliphatic carbocycles. The average molecular weight is 404 g/mol. The van der Waals surface area contributed by atoms with E-state index in [9.17, 15) is 4.79 Å². The van der Waals surface area contributed by atoms with Crippen LogP contribution in [0.5, 0.6) is 5.75 Å². The molecule has 0 N–H and O–H groups in total. The van der Waals surface area contributed by atoms with Crippen LogP contribution in [0, 0.1) is 13.8 Å². The van der Waals surface area contributed by atoms with Crippen molar-refractivity contribution in [2.24, 2.45) is 0 Å². The molecule has 0 atom stereocenters. The van der Waals surface area contributed by atoms with Gasteiger partial charge in [0.05, 0.1) is 24.2 Å². The Balaban J connectivity index is 1.48. The SMILES string of the molecule is COc1cccc(-c2noc(COC(=O)c3c(C)nn(-c4ccccc4)c3C)n2)c1. The lowest BCUT2D eigenvalue weighted by Crippen LogP contribution is -2.08. The molecule has 0 spiro atoms. The molecule has 30 heavy (non-hydrogen) atoms. The molecule has 4 aromatic rings. The van der Waals surface area contributed by atoms with E-state index in [0.29, 0.717) is 28.5 Å². The van der Waals surface area contributed by atoms with Crippen molar-refractivity contribution in [2.45, 2.75) is 20.5 Å². The van der Waals surface area contributed by atoms with Crippen molar-refractivity contribution in [3.63, 3.8) is 0 Å². The van der Waals surface area contributed by atoms with Gasteiger partial charge in [-0.25, -0.2) is 9.48 Å². The zero-order chi connectivity index (χ0) is 21.1. The van der Waals surface area contributed by atoms with Crippen molar-refractivity contribution < 1.29 is 18.8 Å². The van der Waals surface area contributed by atoms with E-state index in [1.807, 2.05) is 55.5 Å². The fraction of sp³-hybridized carbons (Fsp3) is 0.182. The Morgan fingerprint density at radius 3 is 2.67 bits per heavy atom. The number of benzene rings is 2. The lowest BCUT2D eigenvalue weighted by atomic mass is 10.2. The van der Waals surface area contributed by atoms with Crippen molar-refractivity contribution in [3.8, 4) is 22.8 Å². The van der Waals surface area contributed by atoms with E-state index in [0.717, 1.165) is 11.3 Å². The molecule has 2 aromatic carbocycles. The molecule has 0 unspecified atom stereocenters. The Labute approximate surface area is 173 Å². The molecule has 0 fully saturated rings. The van der Waals surface area contributed by atoms with Gasteiger partial charge in [0, 0.05) is 5.56 Å². The molecule has 0 aliphatic heterocycles. The number of aryl methyl sites for hydroxylation is 1. The fourth-order valence-corrected chi connectivity index (χ4v) is 3.15. The molecule has 2 heterocycles. The van der Waals surface area contributed by atoms with Crippen molar-refractivity contribution in [1.82, 2.24) is 19.9 Å². The number of hydrogen-bond acceptors (Lipinski definition) is 7. The number of para-hydroxylation sites is 1. The third-order valence-corrected chi connectivity index (χ3v) is 4.62. The van der Waals surface area contributed by atoms with E-state index < -0.39 is 5.97 Å². The van der Waals surface area contributed by atoms with Crippen LogP contribution >= 0.6 is 0 Å². The summed E-state index contributed by atoms with van der Waals surface area (Å²) >= 11 is 0. The van der Waals surface area contributed by atoms with Crippen LogP contribution in [0.2, 0.25) is 0 Å². The van der Waals surface area contributed by atoms with Gasteiger partial charge in [0.2, 0.25) is 5.82 Å². The first-order valence-corrected chi connectivity index (χ1v) is 9.32. The summed E-state index contributed by atoms with van der Waals surface area (Å²) in [5.74, 6) is 0.788. The van der Waals surface area contributed by atoms with Gasteiger partial charge in [-0.3, -0.25) is 0 Å². The molecule has 0 saturated heterocycles. The molecule has 8 heteroatoms. The number of aromatic nitrogens is 4. The van der Waals surface area contributed by atoms with Gasteiger partial charge in [0.25, 0.3) is 5.89 Å². The van der Waals surface area contributed by atoms with Gasteiger partial charge in [-0.1, -0.05) is 35.5 Å². The van der Waals surface area contributed by atoms with E-state index in [2.05, 4.69) is 15.2 Å². The number of rotatable bonds is 6. The van der Waals surface area contributed by atoms with Crippen LogP contribution in [-0.4, -0.2) is 33.0 Å². The first-order chi connectivity index (χ1) is 14.6. The summed E-state index contributed by atoms with van der Waals surface area (Å²) in [5, 5.41) is 8.41. The maximum atomic E-state index is 12.7. The maximum absolute atomic E-state index is 12.7. The monoisotopic (exact) mass is 404 g/mol. The van der Waals surface area contributed by atoms with Crippen LogP contribution in [0.3, 0.4) is 0 Å². The van der Waals surface area contributed by atoms with Crippen molar-refractivity contribution in [1.29, 1.82) is 0 Å². The molecular formula is C22H20N4O4. The third-order valence-electron chi connectivity index (χ3n) is 4.62. The highest BCUT2D eigenvalue weighted by Crippen LogP contribution is 2.22. The van der Waals surface area contributed by atoms with E-state index in [1.54, 1.807) is 24.8 Å². The average Bonchev–Trinajstić information content (AvgIpc) is 3.37. The van der Waals surface area contributed by atoms with E-state index in [4.69, 9.17) is 14.0 Å². The lowest BCUT2D eigenvalue weighted by Gasteiger charge is -2.05. The summed E-state index contributed by atoms with van der Waals surface area (Å²) in [7, 11) is 1.59. The molecule has 152 valence electrons. The first kappa shape index (κ1) is 19.4. The summed E-state index contributed by atoms with van der Waals surface area (Å²) in [4.78, 5) is 17.0. The van der Waals surface area contributed by atoms with E-state index in [1.165, 1.54) is 0 Å². The summed E-state index contributed by atoms with van der Waals surface area (Å²) < 4.78 is 17.5. The molecule has 0 radical (unpaired) electrons. The molecule has 0 aliphatic rings. The largest absolute Gasteiger partial charge is 0.497 e. The molecule has 8 nitrogen and oxygen atoms in total. The Kier molecular flexibility index (Phi) is 5.30. The summed E-state index contributed by atoms with van der Waals surface area (Å²) in [5.41, 5.74) is 3.32. The fourth-order valence-electron chi connectivity index (χ4n) is 3.15. The van der Waals surface area contributed by atoms with Gasteiger partial charge < -0.3 is 14.0 Å². The smallest absolute Gasteiger partial charge is 0.342 e. The summed E-state index contributed by atoms with van der Waals surface area (Å²) in [6, 6.07) is 16.9. The van der Waals surface area contributed by atoms with Gasteiger partial charge in [-0.2, -0.15) is 10.1 Å². The molecule has 0 bridgehead atoms. The van der Waals surface area contributed by atoms with Gasteiger partial charge in [0.1, 0.15) is 11.3 Å². The topological polar surface area (TPSA) is 92.3 Å². The van der Waals surface area contributed by atoms with Crippen LogP contribution < -0.4 is 4.74 Å². The molecule has 4 rings (SSSR count). The molecule has 0 saturated carbocycles. The van der Waals surface area contributed by atoms with Gasteiger partial charge in [-0.15, -0.1) is 0 Å². The second kappa shape index (κ2) is 8.20. The number of methoxy groups -OCH3 is 1. The number of ether oxygens (including phenoxy) is 2. The standard InChI is InChI=1S/C22H20N4O4/c1-14-20(15(2)26(24-14)17-9-5-4-6-10-17)22(27)29-13-19-23-21(25-30-19)16-8-7-11-18(12-16)28-3/h4-12H,13H2,1-3H3. The minimum Gasteiger partial charge on any atom is -0.497 e. The first-order valence-electron chi connectivity index (χ1n) is 9.32. The van der Waals surface area contributed by atoms with Crippen LogP contribution in [0.15, 0.2) is 59.1 Å². The van der Waals surface area contributed by atoms with Crippen LogP contribution in [0.1, 0.15) is 27.6 Å². The van der Waals surface area contributed by atoms with Crippen molar-refractivity contribution in [2.75, 3.05) is 7.11 Å². The number of nitrogens with zero attached hydrogens (tertiary/aromatic N) is 4. The minimum atomic E-state index is -0.492. The van der Waals surface area contributed by atoms with Crippen molar-refractivity contribution >= 4 is 5.97 Å². The highest BCUT2D eigenvalue weighted by molar-refractivity contribution is 5.92. The Hall–Kier alpha value is -3.94. The quantitative estimate of drug-likeness (QED) is 0.450. The minimum absolute atomic E-state index is 0.134. The lowest BCUT2D eigenvalue weighted by molar-refractivity contribution is 0.0428. The molecule has 2 aromatic heterocycles. The number of carbonyl (C=O) groups is 1. The normalized spacial score (nSPS) is 10.8. The van der Waals surface area contributed by atoms with Gasteiger partial charge >= 0.3 is 5.97 Å². The Bertz CT molecular complexity index is 1180. The number of esters is 1. The van der Waals surface area contributed by atoms with Crippen LogP contribution in [0.25, 0.3) is 17.1 Å². The maximum Gasteiger partial charge on any atom is 0.342 e. The van der Waals surface area contributed by atoms with Gasteiger partial charge in [-0.05, 0) is 38.1 Å². The summed E-state index contributed by atoms with van der Waals surface area (Å²) in [6.45, 7) is 3.47. The molecular weight excluding hydrogens is 384 g/mol.